The zero-order valence-corrected chi connectivity index (χ0v) is 11.2. The highest BCUT2D eigenvalue weighted by Crippen LogP contribution is 2.34. The van der Waals surface area contributed by atoms with Gasteiger partial charge in [-0.05, 0) is 43.6 Å². The average molecular weight is 253 g/mol. The Labute approximate surface area is 109 Å². The molecule has 102 valence electrons. The molecule has 0 unspecified atom stereocenters. The lowest BCUT2D eigenvalue weighted by atomic mass is 9.77. The van der Waals surface area contributed by atoms with E-state index in [1.54, 1.807) is 0 Å². The van der Waals surface area contributed by atoms with Crippen molar-refractivity contribution in [3.63, 3.8) is 0 Å². The van der Waals surface area contributed by atoms with Gasteiger partial charge >= 0.3 is 0 Å². The number of carbonyl (C=O) groups is 1. The number of ether oxygens (including phenoxy) is 1. The van der Waals surface area contributed by atoms with Crippen LogP contribution in [0.2, 0.25) is 0 Å². The number of rotatable bonds is 3. The minimum Gasteiger partial charge on any atom is -0.488 e. The Balaban J connectivity index is 1.93. The number of likely N-dealkylation sites (tertiary alicyclic amines) is 1. The zero-order chi connectivity index (χ0) is 13.0. The molecule has 2 aliphatic heterocycles. The number of hydrogen-bond acceptors (Lipinski definition) is 3. The fourth-order valence-electron chi connectivity index (χ4n) is 2.67. The molecule has 0 spiro atoms. The number of aliphatic hydroxyl groups is 1. The van der Waals surface area contributed by atoms with Gasteiger partial charge in [-0.15, -0.1) is 0 Å². The minimum absolute atomic E-state index is 0.0253. The van der Waals surface area contributed by atoms with Gasteiger partial charge in [0.25, 0.3) is 5.91 Å². The Morgan fingerprint density at radius 3 is 2.72 bits per heavy atom. The minimum atomic E-state index is 0.0253. The average Bonchev–Trinajstić information content (AvgIpc) is 2.47. The molecule has 0 radical (unpaired) electrons. The number of piperidine rings is 1. The molecule has 2 heterocycles. The number of hydrogen-bond donors (Lipinski definition) is 1. The van der Waals surface area contributed by atoms with Crippen molar-refractivity contribution in [1.29, 1.82) is 0 Å². The SMILES string of the molecule is CCC1(CO)CCN(C(=O)C2=CCCCO2)CC1. The number of allylic oxidation sites excluding steroid dienone is 1. The maximum absolute atomic E-state index is 12.2. The number of amides is 1. The fraction of sp³-hybridized carbons (Fsp3) is 0.786. The number of aliphatic hydroxyl groups excluding tert-OH is 1. The number of carbonyl (C=O) groups excluding carboxylic acids is 1. The molecule has 0 bridgehead atoms. The molecular formula is C14H23NO3. The third-order valence-electron chi connectivity index (χ3n) is 4.34. The van der Waals surface area contributed by atoms with E-state index in [1.807, 2.05) is 11.0 Å². The maximum Gasteiger partial charge on any atom is 0.288 e. The summed E-state index contributed by atoms with van der Waals surface area (Å²) in [6.07, 6.45) is 6.59. The molecule has 0 aliphatic carbocycles. The maximum atomic E-state index is 12.2. The lowest BCUT2D eigenvalue weighted by molar-refractivity contribution is -0.134. The molecule has 4 heteroatoms. The summed E-state index contributed by atoms with van der Waals surface area (Å²) in [5.74, 6) is 0.548. The van der Waals surface area contributed by atoms with E-state index in [-0.39, 0.29) is 17.9 Å². The molecule has 1 N–H and O–H groups in total. The van der Waals surface area contributed by atoms with E-state index in [0.717, 1.165) is 45.2 Å². The number of nitrogens with zero attached hydrogens (tertiary/aromatic N) is 1. The second kappa shape index (κ2) is 5.74. The third-order valence-corrected chi connectivity index (χ3v) is 4.34. The quantitative estimate of drug-likeness (QED) is 0.832. The smallest absolute Gasteiger partial charge is 0.288 e. The van der Waals surface area contributed by atoms with Crippen LogP contribution < -0.4 is 0 Å². The van der Waals surface area contributed by atoms with Gasteiger partial charge in [0.15, 0.2) is 5.76 Å². The van der Waals surface area contributed by atoms with Gasteiger partial charge in [0.1, 0.15) is 0 Å². The summed E-state index contributed by atoms with van der Waals surface area (Å²) in [5, 5.41) is 9.48. The van der Waals surface area contributed by atoms with E-state index >= 15 is 0 Å². The van der Waals surface area contributed by atoms with E-state index in [0.29, 0.717) is 12.4 Å². The van der Waals surface area contributed by atoms with Crippen LogP contribution >= 0.6 is 0 Å². The molecule has 0 aromatic rings. The Bertz CT molecular complexity index is 324. The Morgan fingerprint density at radius 2 is 2.22 bits per heavy atom. The van der Waals surface area contributed by atoms with E-state index in [1.165, 1.54) is 0 Å². The highest BCUT2D eigenvalue weighted by Gasteiger charge is 2.35. The highest BCUT2D eigenvalue weighted by molar-refractivity contribution is 5.91. The summed E-state index contributed by atoms with van der Waals surface area (Å²) < 4.78 is 5.42. The first-order valence-electron chi connectivity index (χ1n) is 6.94. The van der Waals surface area contributed by atoms with Crippen LogP contribution in [0.15, 0.2) is 11.8 Å². The van der Waals surface area contributed by atoms with Crippen molar-refractivity contribution in [3.05, 3.63) is 11.8 Å². The summed E-state index contributed by atoms with van der Waals surface area (Å²) >= 11 is 0. The summed E-state index contributed by atoms with van der Waals surface area (Å²) in [5.41, 5.74) is 0.0264. The first-order valence-corrected chi connectivity index (χ1v) is 6.94. The molecule has 0 atom stereocenters. The summed E-state index contributed by atoms with van der Waals surface area (Å²) in [6.45, 7) is 4.45. The van der Waals surface area contributed by atoms with E-state index in [4.69, 9.17) is 4.74 Å². The van der Waals surface area contributed by atoms with Crippen molar-refractivity contribution >= 4 is 5.91 Å². The standard InChI is InChI=1S/C14H23NO3/c1-2-14(11-16)6-8-15(9-7-14)13(17)12-5-3-4-10-18-12/h5,16H,2-4,6-11H2,1H3. The molecule has 18 heavy (non-hydrogen) atoms. The summed E-state index contributed by atoms with van der Waals surface area (Å²) in [7, 11) is 0. The van der Waals surface area contributed by atoms with E-state index in [2.05, 4.69) is 6.92 Å². The molecule has 0 aromatic carbocycles. The second-order valence-corrected chi connectivity index (χ2v) is 5.36. The van der Waals surface area contributed by atoms with Crippen molar-refractivity contribution in [3.8, 4) is 0 Å². The molecule has 4 nitrogen and oxygen atoms in total. The molecule has 1 amide bonds. The van der Waals surface area contributed by atoms with Gasteiger partial charge in [0.2, 0.25) is 0 Å². The van der Waals surface area contributed by atoms with Gasteiger partial charge in [0.05, 0.1) is 6.61 Å². The first-order chi connectivity index (χ1) is 8.71. The van der Waals surface area contributed by atoms with Gasteiger partial charge in [-0.2, -0.15) is 0 Å². The van der Waals surface area contributed by atoms with Gasteiger partial charge in [-0.1, -0.05) is 6.92 Å². The van der Waals surface area contributed by atoms with Gasteiger partial charge in [0, 0.05) is 19.7 Å². The van der Waals surface area contributed by atoms with Crippen molar-refractivity contribution < 1.29 is 14.6 Å². The lowest BCUT2D eigenvalue weighted by Gasteiger charge is -2.40. The van der Waals surface area contributed by atoms with E-state index < -0.39 is 0 Å². The van der Waals surface area contributed by atoms with Crippen molar-refractivity contribution in [1.82, 2.24) is 4.90 Å². The van der Waals surface area contributed by atoms with Crippen LogP contribution in [-0.2, 0) is 9.53 Å². The lowest BCUT2D eigenvalue weighted by Crippen LogP contribution is -2.45. The molecule has 1 saturated heterocycles. The van der Waals surface area contributed by atoms with E-state index in [9.17, 15) is 9.90 Å². The van der Waals surface area contributed by atoms with Crippen molar-refractivity contribution in [2.75, 3.05) is 26.3 Å². The van der Waals surface area contributed by atoms with Crippen molar-refractivity contribution in [2.45, 2.75) is 39.0 Å². The summed E-state index contributed by atoms with van der Waals surface area (Å²) in [4.78, 5) is 14.1. The normalized spacial score (nSPS) is 23.2. The Morgan fingerprint density at radius 1 is 1.50 bits per heavy atom. The third kappa shape index (κ3) is 2.69. The largest absolute Gasteiger partial charge is 0.488 e. The van der Waals surface area contributed by atoms with Crippen LogP contribution in [0.5, 0.6) is 0 Å². The topological polar surface area (TPSA) is 49.8 Å². The van der Waals surface area contributed by atoms with Crippen LogP contribution in [0, 0.1) is 5.41 Å². The van der Waals surface area contributed by atoms with Gasteiger partial charge in [-0.3, -0.25) is 4.79 Å². The van der Waals surface area contributed by atoms with Crippen LogP contribution in [0.1, 0.15) is 39.0 Å². The molecule has 0 saturated carbocycles. The molecular weight excluding hydrogens is 230 g/mol. The molecule has 0 aromatic heterocycles. The monoisotopic (exact) mass is 253 g/mol. The van der Waals surface area contributed by atoms with Crippen LogP contribution in [-0.4, -0.2) is 42.2 Å². The molecule has 2 rings (SSSR count). The van der Waals surface area contributed by atoms with Crippen LogP contribution in [0.4, 0.5) is 0 Å². The van der Waals surface area contributed by atoms with Crippen LogP contribution in [0.3, 0.4) is 0 Å². The van der Waals surface area contributed by atoms with Gasteiger partial charge in [-0.25, -0.2) is 0 Å². The van der Waals surface area contributed by atoms with Crippen molar-refractivity contribution in [2.24, 2.45) is 5.41 Å². The summed E-state index contributed by atoms with van der Waals surface area (Å²) in [6, 6.07) is 0. The first kappa shape index (κ1) is 13.4. The van der Waals surface area contributed by atoms with Gasteiger partial charge < -0.3 is 14.7 Å². The highest BCUT2D eigenvalue weighted by atomic mass is 16.5. The fourth-order valence-corrected chi connectivity index (χ4v) is 2.67. The van der Waals surface area contributed by atoms with Crippen LogP contribution in [0.25, 0.3) is 0 Å². The predicted octanol–water partition coefficient (Wildman–Crippen LogP) is 1.69. The molecule has 2 aliphatic rings. The Kier molecular flexibility index (Phi) is 4.27. The zero-order valence-electron chi connectivity index (χ0n) is 11.2. The Hall–Kier alpha value is -1.03. The second-order valence-electron chi connectivity index (χ2n) is 5.36. The molecule has 1 fully saturated rings. The predicted molar refractivity (Wildman–Crippen MR) is 68.9 cm³/mol.